The van der Waals surface area contributed by atoms with Crippen molar-refractivity contribution in [3.8, 4) is 0 Å². The molecule has 1 aromatic heterocycles. The molecule has 0 aliphatic rings. The summed E-state index contributed by atoms with van der Waals surface area (Å²) in [5.41, 5.74) is 0. The van der Waals surface area contributed by atoms with Gasteiger partial charge in [0.25, 0.3) is 0 Å². The second kappa shape index (κ2) is 6.45. The topological polar surface area (TPSA) is 53.7 Å². The standard InChI is InChI=1S/C13H21NO3/c1-4-10(2)14(9-13(15)16)11(3)8-12-6-5-7-17-12/h5-7,10-11H,4,8-9H2,1-3H3,(H,15,16). The molecule has 1 aromatic rings. The molecule has 1 N–H and O–H groups in total. The van der Waals surface area contributed by atoms with Crippen molar-refractivity contribution in [2.45, 2.75) is 45.7 Å². The van der Waals surface area contributed by atoms with E-state index < -0.39 is 5.97 Å². The van der Waals surface area contributed by atoms with Crippen LogP contribution in [0.15, 0.2) is 22.8 Å². The summed E-state index contributed by atoms with van der Waals surface area (Å²) in [6.07, 6.45) is 3.33. The second-order valence-electron chi connectivity index (χ2n) is 4.46. The normalized spacial score (nSPS) is 14.8. The SMILES string of the molecule is CCC(C)N(CC(=O)O)C(C)Cc1ccco1. The van der Waals surface area contributed by atoms with Crippen LogP contribution >= 0.6 is 0 Å². The smallest absolute Gasteiger partial charge is 0.317 e. The average molecular weight is 239 g/mol. The highest BCUT2D eigenvalue weighted by molar-refractivity contribution is 5.69. The molecule has 96 valence electrons. The fourth-order valence-corrected chi connectivity index (χ4v) is 1.97. The van der Waals surface area contributed by atoms with Crippen LogP contribution in [0.2, 0.25) is 0 Å². The lowest BCUT2D eigenvalue weighted by atomic mass is 10.1. The van der Waals surface area contributed by atoms with Gasteiger partial charge in [0.2, 0.25) is 0 Å². The fourth-order valence-electron chi connectivity index (χ4n) is 1.97. The Labute approximate surface area is 102 Å². The lowest BCUT2D eigenvalue weighted by Crippen LogP contribution is -2.44. The third-order valence-corrected chi connectivity index (χ3v) is 3.12. The number of furan rings is 1. The minimum atomic E-state index is -0.781. The lowest BCUT2D eigenvalue weighted by Gasteiger charge is -2.32. The lowest BCUT2D eigenvalue weighted by molar-refractivity contribution is -0.139. The first kappa shape index (κ1) is 13.8. The molecule has 0 saturated heterocycles. The molecule has 0 radical (unpaired) electrons. The van der Waals surface area contributed by atoms with Crippen molar-refractivity contribution in [1.29, 1.82) is 0 Å². The molecule has 4 heteroatoms. The van der Waals surface area contributed by atoms with Gasteiger partial charge in [-0.1, -0.05) is 6.92 Å². The van der Waals surface area contributed by atoms with Crippen LogP contribution in [0, 0.1) is 0 Å². The third-order valence-electron chi connectivity index (χ3n) is 3.12. The molecule has 2 unspecified atom stereocenters. The molecule has 0 spiro atoms. The highest BCUT2D eigenvalue weighted by atomic mass is 16.4. The molecule has 2 atom stereocenters. The molecule has 0 aromatic carbocycles. The predicted molar refractivity (Wildman–Crippen MR) is 66.0 cm³/mol. The number of carbonyl (C=O) groups is 1. The molecule has 0 bridgehead atoms. The summed E-state index contributed by atoms with van der Waals surface area (Å²) in [4.78, 5) is 12.9. The number of rotatable bonds is 7. The molecule has 0 fully saturated rings. The van der Waals surface area contributed by atoms with Gasteiger partial charge in [0, 0.05) is 18.5 Å². The van der Waals surface area contributed by atoms with E-state index in [-0.39, 0.29) is 18.6 Å². The summed E-state index contributed by atoms with van der Waals surface area (Å²) in [5.74, 6) is 0.118. The van der Waals surface area contributed by atoms with Gasteiger partial charge in [0.1, 0.15) is 5.76 Å². The van der Waals surface area contributed by atoms with E-state index in [9.17, 15) is 4.79 Å². The first-order valence-corrected chi connectivity index (χ1v) is 6.04. The Morgan fingerprint density at radius 2 is 2.18 bits per heavy atom. The summed E-state index contributed by atoms with van der Waals surface area (Å²) in [5, 5.41) is 8.94. The first-order valence-electron chi connectivity index (χ1n) is 6.04. The Morgan fingerprint density at radius 1 is 1.47 bits per heavy atom. The molecule has 0 saturated carbocycles. The highest BCUT2D eigenvalue weighted by Gasteiger charge is 2.22. The maximum Gasteiger partial charge on any atom is 0.317 e. The van der Waals surface area contributed by atoms with Crippen LogP contribution in [0.1, 0.15) is 33.0 Å². The Hall–Kier alpha value is -1.29. The Balaban J connectivity index is 2.64. The van der Waals surface area contributed by atoms with Gasteiger partial charge in [-0.2, -0.15) is 0 Å². The van der Waals surface area contributed by atoms with E-state index in [1.165, 1.54) is 0 Å². The number of hydrogen-bond donors (Lipinski definition) is 1. The molecule has 0 amide bonds. The summed E-state index contributed by atoms with van der Waals surface area (Å²) in [6, 6.07) is 4.20. The molecule has 17 heavy (non-hydrogen) atoms. The predicted octanol–water partition coefficient (Wildman–Crippen LogP) is 2.40. The maximum atomic E-state index is 10.9. The average Bonchev–Trinajstić information content (AvgIpc) is 2.77. The summed E-state index contributed by atoms with van der Waals surface area (Å²) in [7, 11) is 0. The van der Waals surface area contributed by atoms with Gasteiger partial charge in [0.15, 0.2) is 0 Å². The Morgan fingerprint density at radius 3 is 2.65 bits per heavy atom. The van der Waals surface area contributed by atoms with E-state index in [2.05, 4.69) is 13.8 Å². The van der Waals surface area contributed by atoms with Crippen LogP contribution in [-0.2, 0) is 11.2 Å². The van der Waals surface area contributed by atoms with Gasteiger partial charge in [-0.15, -0.1) is 0 Å². The third kappa shape index (κ3) is 4.23. The molecule has 0 aliphatic heterocycles. The second-order valence-corrected chi connectivity index (χ2v) is 4.46. The summed E-state index contributed by atoms with van der Waals surface area (Å²) >= 11 is 0. The molecule has 1 heterocycles. The quantitative estimate of drug-likeness (QED) is 0.793. The summed E-state index contributed by atoms with van der Waals surface area (Å²) in [6.45, 7) is 6.25. The van der Waals surface area contributed by atoms with Gasteiger partial charge in [-0.25, -0.2) is 0 Å². The molecule has 1 rings (SSSR count). The minimum absolute atomic E-state index is 0.0802. The zero-order valence-corrected chi connectivity index (χ0v) is 10.7. The Kier molecular flexibility index (Phi) is 5.22. The van der Waals surface area contributed by atoms with E-state index >= 15 is 0 Å². The van der Waals surface area contributed by atoms with E-state index in [0.717, 1.165) is 18.6 Å². The van der Waals surface area contributed by atoms with Crippen LogP contribution in [0.5, 0.6) is 0 Å². The number of nitrogens with zero attached hydrogens (tertiary/aromatic N) is 1. The highest BCUT2D eigenvalue weighted by Crippen LogP contribution is 2.14. The van der Waals surface area contributed by atoms with Crippen LogP contribution in [-0.4, -0.2) is 34.6 Å². The van der Waals surface area contributed by atoms with E-state index in [0.29, 0.717) is 0 Å². The minimum Gasteiger partial charge on any atom is -0.480 e. The maximum absolute atomic E-state index is 10.9. The number of aliphatic carboxylic acids is 1. The number of carboxylic acids is 1. The van der Waals surface area contributed by atoms with Crippen molar-refractivity contribution < 1.29 is 14.3 Å². The van der Waals surface area contributed by atoms with Gasteiger partial charge in [0.05, 0.1) is 12.8 Å². The van der Waals surface area contributed by atoms with E-state index in [1.807, 2.05) is 24.0 Å². The first-order chi connectivity index (χ1) is 8.04. The van der Waals surface area contributed by atoms with E-state index in [4.69, 9.17) is 9.52 Å². The van der Waals surface area contributed by atoms with Gasteiger partial charge >= 0.3 is 5.97 Å². The van der Waals surface area contributed by atoms with E-state index in [1.54, 1.807) is 6.26 Å². The molecule has 0 aliphatic carbocycles. The monoisotopic (exact) mass is 239 g/mol. The fraction of sp³-hybridized carbons (Fsp3) is 0.615. The van der Waals surface area contributed by atoms with Crippen molar-refractivity contribution >= 4 is 5.97 Å². The van der Waals surface area contributed by atoms with Gasteiger partial charge in [-0.05, 0) is 32.4 Å². The van der Waals surface area contributed by atoms with Crippen LogP contribution < -0.4 is 0 Å². The van der Waals surface area contributed by atoms with Crippen LogP contribution in [0.4, 0.5) is 0 Å². The Bertz CT molecular complexity index is 334. The number of hydrogen-bond acceptors (Lipinski definition) is 3. The van der Waals surface area contributed by atoms with Gasteiger partial charge < -0.3 is 9.52 Å². The molecular weight excluding hydrogens is 218 g/mol. The van der Waals surface area contributed by atoms with Crippen LogP contribution in [0.25, 0.3) is 0 Å². The summed E-state index contributed by atoms with van der Waals surface area (Å²) < 4.78 is 5.30. The zero-order chi connectivity index (χ0) is 12.8. The molecule has 4 nitrogen and oxygen atoms in total. The number of carboxylic acid groups (broad SMARTS) is 1. The van der Waals surface area contributed by atoms with Crippen LogP contribution in [0.3, 0.4) is 0 Å². The van der Waals surface area contributed by atoms with Crippen molar-refractivity contribution in [1.82, 2.24) is 4.90 Å². The largest absolute Gasteiger partial charge is 0.480 e. The van der Waals surface area contributed by atoms with Gasteiger partial charge in [-0.3, -0.25) is 9.69 Å². The van der Waals surface area contributed by atoms with Crippen molar-refractivity contribution in [2.24, 2.45) is 0 Å². The van der Waals surface area contributed by atoms with Crippen molar-refractivity contribution in [3.05, 3.63) is 24.2 Å². The van der Waals surface area contributed by atoms with Crippen molar-refractivity contribution in [3.63, 3.8) is 0 Å². The molecular formula is C13H21NO3. The van der Waals surface area contributed by atoms with Crippen molar-refractivity contribution in [2.75, 3.05) is 6.54 Å². The zero-order valence-electron chi connectivity index (χ0n) is 10.7.